The fourth-order valence-electron chi connectivity index (χ4n) is 2.33. The van der Waals surface area contributed by atoms with E-state index in [2.05, 4.69) is 26.3 Å². The van der Waals surface area contributed by atoms with Gasteiger partial charge < -0.3 is 14.8 Å². The minimum atomic E-state index is -0.597. The molecule has 2 aromatic heterocycles. The van der Waals surface area contributed by atoms with Crippen LogP contribution in [-0.4, -0.2) is 40.8 Å². The number of carbonyl (C=O) groups excluding carboxylic acids is 3. The summed E-state index contributed by atoms with van der Waals surface area (Å²) >= 11 is 4.25. The number of anilines is 1. The van der Waals surface area contributed by atoms with Gasteiger partial charge in [0.25, 0.3) is 5.91 Å². The zero-order valence-electron chi connectivity index (χ0n) is 15.4. The highest BCUT2D eigenvalue weighted by Gasteiger charge is 2.28. The number of amides is 1. The Morgan fingerprint density at radius 3 is 2.52 bits per heavy atom. The molecule has 0 spiro atoms. The molecule has 1 N–H and O–H groups in total. The Morgan fingerprint density at radius 2 is 1.96 bits per heavy atom. The summed E-state index contributed by atoms with van der Waals surface area (Å²) in [5, 5.41) is 6.92. The second-order valence-corrected chi connectivity index (χ2v) is 7.41. The molecule has 10 heteroatoms. The lowest BCUT2D eigenvalue weighted by Crippen LogP contribution is -2.18. The van der Waals surface area contributed by atoms with Gasteiger partial charge in [-0.2, -0.15) is 5.10 Å². The normalized spacial score (nSPS) is 10.6. The van der Waals surface area contributed by atoms with E-state index >= 15 is 0 Å². The monoisotopic (exact) mass is 457 g/mol. The van der Waals surface area contributed by atoms with Crippen LogP contribution in [0.2, 0.25) is 0 Å². The Morgan fingerprint density at radius 1 is 1.26 bits per heavy atom. The number of thiophene rings is 1. The number of esters is 2. The van der Waals surface area contributed by atoms with Crippen molar-refractivity contribution in [1.29, 1.82) is 0 Å². The van der Waals surface area contributed by atoms with Crippen molar-refractivity contribution >= 4 is 50.1 Å². The van der Waals surface area contributed by atoms with Crippen molar-refractivity contribution in [2.75, 3.05) is 18.5 Å². The zero-order chi connectivity index (χ0) is 20.1. The molecule has 0 saturated carbocycles. The van der Waals surface area contributed by atoms with Crippen molar-refractivity contribution < 1.29 is 23.9 Å². The third kappa shape index (κ3) is 4.56. The molecule has 2 rings (SSSR count). The SMILES string of the molecule is CCCOC(=O)c1c(NC(=O)c2c(Br)cnn2C)sc(C(=O)OCC)c1C. The summed E-state index contributed by atoms with van der Waals surface area (Å²) in [6.07, 6.45) is 2.15. The Balaban J connectivity index is 2.43. The van der Waals surface area contributed by atoms with Gasteiger partial charge in [-0.05, 0) is 41.8 Å². The van der Waals surface area contributed by atoms with E-state index in [1.54, 1.807) is 20.9 Å². The molecule has 0 bridgehead atoms. The summed E-state index contributed by atoms with van der Waals surface area (Å²) in [6, 6.07) is 0. The van der Waals surface area contributed by atoms with Gasteiger partial charge >= 0.3 is 11.9 Å². The Labute approximate surface area is 169 Å². The molecule has 0 radical (unpaired) electrons. The molecule has 8 nitrogen and oxygen atoms in total. The van der Waals surface area contributed by atoms with Crippen LogP contribution in [0.15, 0.2) is 10.7 Å². The van der Waals surface area contributed by atoms with Gasteiger partial charge in [0.05, 0.1) is 29.4 Å². The highest BCUT2D eigenvalue weighted by atomic mass is 79.9. The fourth-order valence-corrected chi connectivity index (χ4v) is 3.95. The van der Waals surface area contributed by atoms with Crippen molar-refractivity contribution in [3.63, 3.8) is 0 Å². The van der Waals surface area contributed by atoms with Gasteiger partial charge in [0.1, 0.15) is 15.6 Å². The topological polar surface area (TPSA) is 99.5 Å². The summed E-state index contributed by atoms with van der Waals surface area (Å²) in [4.78, 5) is 37.6. The van der Waals surface area contributed by atoms with Crippen LogP contribution < -0.4 is 5.32 Å². The fraction of sp³-hybridized carbons (Fsp3) is 0.412. The van der Waals surface area contributed by atoms with Crippen LogP contribution >= 0.6 is 27.3 Å². The van der Waals surface area contributed by atoms with Gasteiger partial charge in [0.2, 0.25) is 0 Å². The molecule has 0 aliphatic carbocycles. The number of ether oxygens (including phenoxy) is 2. The molecule has 1 amide bonds. The van der Waals surface area contributed by atoms with E-state index in [0.29, 0.717) is 16.5 Å². The van der Waals surface area contributed by atoms with E-state index in [-0.39, 0.29) is 34.3 Å². The summed E-state index contributed by atoms with van der Waals surface area (Å²) < 4.78 is 12.2. The highest BCUT2D eigenvalue weighted by Crippen LogP contribution is 2.35. The second-order valence-electron chi connectivity index (χ2n) is 5.54. The first-order valence-electron chi connectivity index (χ1n) is 8.28. The largest absolute Gasteiger partial charge is 0.462 e. The summed E-state index contributed by atoms with van der Waals surface area (Å²) in [7, 11) is 1.62. The number of nitrogens with one attached hydrogen (secondary N) is 1. The maximum Gasteiger partial charge on any atom is 0.348 e. The number of aryl methyl sites for hydroxylation is 1. The van der Waals surface area contributed by atoms with Crippen molar-refractivity contribution in [2.24, 2.45) is 7.05 Å². The highest BCUT2D eigenvalue weighted by molar-refractivity contribution is 9.10. The molecule has 0 aromatic carbocycles. The first-order valence-corrected chi connectivity index (χ1v) is 9.89. The van der Waals surface area contributed by atoms with Crippen LogP contribution in [0.1, 0.15) is 56.3 Å². The lowest BCUT2D eigenvalue weighted by molar-refractivity contribution is 0.0506. The number of hydrogen-bond acceptors (Lipinski definition) is 7. The van der Waals surface area contributed by atoms with Crippen molar-refractivity contribution in [3.05, 3.63) is 32.4 Å². The van der Waals surface area contributed by atoms with Gasteiger partial charge in [0, 0.05) is 7.05 Å². The van der Waals surface area contributed by atoms with Crippen LogP contribution in [0.3, 0.4) is 0 Å². The number of carbonyl (C=O) groups is 3. The summed E-state index contributed by atoms with van der Waals surface area (Å²) in [5.74, 6) is -1.62. The molecule has 2 heterocycles. The van der Waals surface area contributed by atoms with Crippen LogP contribution in [-0.2, 0) is 16.5 Å². The Hall–Kier alpha value is -2.20. The molecule has 0 aliphatic heterocycles. The first-order chi connectivity index (χ1) is 12.8. The van der Waals surface area contributed by atoms with E-state index in [9.17, 15) is 14.4 Å². The average molecular weight is 458 g/mol. The van der Waals surface area contributed by atoms with Crippen LogP contribution in [0.5, 0.6) is 0 Å². The van der Waals surface area contributed by atoms with Crippen LogP contribution in [0, 0.1) is 6.92 Å². The third-order valence-electron chi connectivity index (χ3n) is 3.59. The second kappa shape index (κ2) is 9.14. The third-order valence-corrected chi connectivity index (χ3v) is 5.35. The molecule has 2 aromatic rings. The number of hydrogen-bond donors (Lipinski definition) is 1. The molecule has 146 valence electrons. The predicted molar refractivity (Wildman–Crippen MR) is 104 cm³/mol. The van der Waals surface area contributed by atoms with Crippen LogP contribution in [0.4, 0.5) is 5.00 Å². The van der Waals surface area contributed by atoms with Gasteiger partial charge in [-0.1, -0.05) is 6.92 Å². The minimum absolute atomic E-state index is 0.156. The van der Waals surface area contributed by atoms with E-state index < -0.39 is 17.8 Å². The van der Waals surface area contributed by atoms with Crippen molar-refractivity contribution in [2.45, 2.75) is 27.2 Å². The molecular formula is C17H20BrN3O5S. The maximum atomic E-state index is 12.7. The van der Waals surface area contributed by atoms with Gasteiger partial charge in [-0.15, -0.1) is 11.3 Å². The van der Waals surface area contributed by atoms with E-state index in [1.807, 2.05) is 6.92 Å². The molecule has 0 unspecified atom stereocenters. The Kier molecular flexibility index (Phi) is 7.14. The molecular weight excluding hydrogens is 438 g/mol. The summed E-state index contributed by atoms with van der Waals surface area (Å²) in [5.41, 5.74) is 0.855. The molecule has 0 fully saturated rings. The predicted octanol–water partition coefficient (Wildman–Crippen LogP) is 3.55. The Bertz CT molecular complexity index is 855. The molecule has 0 saturated heterocycles. The van der Waals surface area contributed by atoms with Gasteiger partial charge in [-0.25, -0.2) is 9.59 Å². The van der Waals surface area contributed by atoms with Crippen molar-refractivity contribution in [1.82, 2.24) is 9.78 Å². The molecule has 0 atom stereocenters. The van der Waals surface area contributed by atoms with E-state index in [4.69, 9.17) is 9.47 Å². The van der Waals surface area contributed by atoms with Gasteiger partial charge in [-0.3, -0.25) is 9.48 Å². The van der Waals surface area contributed by atoms with Gasteiger partial charge in [0.15, 0.2) is 0 Å². The summed E-state index contributed by atoms with van der Waals surface area (Å²) in [6.45, 7) is 5.64. The number of rotatable bonds is 7. The van der Waals surface area contributed by atoms with Crippen LogP contribution in [0.25, 0.3) is 0 Å². The quantitative estimate of drug-likeness (QED) is 0.638. The first kappa shape index (κ1) is 21.1. The standard InChI is InChI=1S/C17H20BrN3O5S/c1-5-7-26-16(23)11-9(3)13(17(24)25-6-2)27-15(11)20-14(22)12-10(18)8-19-21(12)4/h8H,5-7H2,1-4H3,(H,20,22). The minimum Gasteiger partial charge on any atom is -0.462 e. The smallest absolute Gasteiger partial charge is 0.348 e. The molecule has 27 heavy (non-hydrogen) atoms. The molecule has 0 aliphatic rings. The van der Waals surface area contributed by atoms with Crippen molar-refractivity contribution in [3.8, 4) is 0 Å². The van der Waals surface area contributed by atoms with E-state index in [1.165, 1.54) is 10.9 Å². The zero-order valence-corrected chi connectivity index (χ0v) is 17.8. The number of nitrogens with zero attached hydrogens (tertiary/aromatic N) is 2. The lowest BCUT2D eigenvalue weighted by Gasteiger charge is -2.08. The number of aromatic nitrogens is 2. The lowest BCUT2D eigenvalue weighted by atomic mass is 10.1. The number of halogens is 1. The van der Waals surface area contributed by atoms with E-state index in [0.717, 1.165) is 11.3 Å². The maximum absolute atomic E-state index is 12.7. The average Bonchev–Trinajstić information content (AvgIpc) is 3.12.